The van der Waals surface area contributed by atoms with Crippen molar-refractivity contribution < 1.29 is 13.2 Å². The molecule has 7 heteroatoms. The van der Waals surface area contributed by atoms with Crippen LogP contribution in [-0.4, -0.2) is 68.6 Å². The van der Waals surface area contributed by atoms with Crippen molar-refractivity contribution in [3.8, 4) is 0 Å². The maximum absolute atomic E-state index is 12.3. The van der Waals surface area contributed by atoms with E-state index in [-0.39, 0.29) is 17.6 Å². The molecule has 2 fully saturated rings. The van der Waals surface area contributed by atoms with E-state index in [1.807, 2.05) is 0 Å². The Morgan fingerprint density at radius 3 is 2.57 bits per heavy atom. The van der Waals surface area contributed by atoms with E-state index < -0.39 is 10.0 Å². The molecular formula is C16H31N3O3S. The van der Waals surface area contributed by atoms with Gasteiger partial charge in [-0.05, 0) is 58.7 Å². The lowest BCUT2D eigenvalue weighted by atomic mass is 9.99. The number of carbonyl (C=O) groups excluding carboxylic acids is 1. The van der Waals surface area contributed by atoms with Crippen LogP contribution in [0.1, 0.15) is 45.4 Å². The van der Waals surface area contributed by atoms with E-state index in [1.54, 1.807) is 6.92 Å². The van der Waals surface area contributed by atoms with Gasteiger partial charge < -0.3 is 10.2 Å². The van der Waals surface area contributed by atoms with Gasteiger partial charge in [-0.25, -0.2) is 12.7 Å². The molecule has 2 saturated heterocycles. The van der Waals surface area contributed by atoms with Gasteiger partial charge in [0.2, 0.25) is 15.9 Å². The van der Waals surface area contributed by atoms with Crippen LogP contribution in [0.2, 0.25) is 0 Å². The lowest BCUT2D eigenvalue weighted by Crippen LogP contribution is -2.46. The van der Waals surface area contributed by atoms with Gasteiger partial charge in [0.05, 0.1) is 11.7 Å². The Morgan fingerprint density at radius 1 is 1.13 bits per heavy atom. The van der Waals surface area contributed by atoms with Gasteiger partial charge in [-0.2, -0.15) is 0 Å². The predicted octanol–water partition coefficient (Wildman–Crippen LogP) is 1.04. The molecule has 1 atom stereocenters. The molecule has 0 aliphatic carbocycles. The summed E-state index contributed by atoms with van der Waals surface area (Å²) in [6, 6.07) is 0. The maximum Gasteiger partial charge on any atom is 0.224 e. The highest BCUT2D eigenvalue weighted by Gasteiger charge is 2.31. The monoisotopic (exact) mass is 345 g/mol. The lowest BCUT2D eigenvalue weighted by molar-refractivity contribution is -0.126. The molecule has 0 bridgehead atoms. The van der Waals surface area contributed by atoms with E-state index in [2.05, 4.69) is 10.2 Å². The first-order valence-corrected chi connectivity index (χ1v) is 10.6. The number of carbonyl (C=O) groups is 1. The molecule has 2 aliphatic heterocycles. The first kappa shape index (κ1) is 18.7. The highest BCUT2D eigenvalue weighted by atomic mass is 32.2. The van der Waals surface area contributed by atoms with Crippen molar-refractivity contribution >= 4 is 15.9 Å². The summed E-state index contributed by atoms with van der Waals surface area (Å²) in [7, 11) is -3.18. The van der Waals surface area contributed by atoms with Crippen molar-refractivity contribution in [2.75, 3.05) is 45.0 Å². The van der Waals surface area contributed by atoms with Crippen molar-refractivity contribution in [3.63, 3.8) is 0 Å². The molecule has 1 N–H and O–H groups in total. The second kappa shape index (κ2) is 8.99. The van der Waals surface area contributed by atoms with E-state index in [1.165, 1.54) is 36.7 Å². The van der Waals surface area contributed by atoms with E-state index >= 15 is 0 Å². The number of hydrogen-bond donors (Lipinski definition) is 1. The summed E-state index contributed by atoms with van der Waals surface area (Å²) in [4.78, 5) is 14.7. The van der Waals surface area contributed by atoms with Crippen molar-refractivity contribution in [2.24, 2.45) is 5.92 Å². The molecule has 0 radical (unpaired) electrons. The first-order valence-electron chi connectivity index (χ1n) is 9.01. The van der Waals surface area contributed by atoms with Gasteiger partial charge in [-0.1, -0.05) is 6.42 Å². The van der Waals surface area contributed by atoms with Crippen LogP contribution in [0.4, 0.5) is 0 Å². The summed E-state index contributed by atoms with van der Waals surface area (Å²) in [6.07, 6.45) is 6.44. The highest BCUT2D eigenvalue weighted by Crippen LogP contribution is 2.19. The van der Waals surface area contributed by atoms with Crippen molar-refractivity contribution in [2.45, 2.75) is 45.4 Å². The van der Waals surface area contributed by atoms with E-state index in [4.69, 9.17) is 0 Å². The maximum atomic E-state index is 12.3. The molecule has 0 spiro atoms. The molecule has 0 saturated carbocycles. The fourth-order valence-corrected chi connectivity index (χ4v) is 4.61. The largest absolute Gasteiger partial charge is 0.356 e. The second-order valence-electron chi connectivity index (χ2n) is 6.64. The molecule has 0 aromatic carbocycles. The summed E-state index contributed by atoms with van der Waals surface area (Å²) in [5.41, 5.74) is 0. The molecule has 1 unspecified atom stereocenters. The quantitative estimate of drug-likeness (QED) is 0.700. The summed E-state index contributed by atoms with van der Waals surface area (Å²) >= 11 is 0. The molecule has 1 amide bonds. The first-order chi connectivity index (χ1) is 11.0. The Morgan fingerprint density at radius 2 is 1.87 bits per heavy atom. The summed E-state index contributed by atoms with van der Waals surface area (Å²) in [5, 5.41) is 2.99. The van der Waals surface area contributed by atoms with Crippen molar-refractivity contribution in [1.82, 2.24) is 14.5 Å². The van der Waals surface area contributed by atoms with Crippen LogP contribution in [0, 0.1) is 5.92 Å². The fraction of sp³-hybridized carbons (Fsp3) is 0.938. The molecule has 2 rings (SSSR count). The van der Waals surface area contributed by atoms with Gasteiger partial charge in [-0.3, -0.25) is 4.79 Å². The fourth-order valence-electron chi connectivity index (χ4n) is 3.43. The van der Waals surface area contributed by atoms with Gasteiger partial charge in [-0.15, -0.1) is 0 Å². The SMILES string of the molecule is CCS(=O)(=O)N1CCCC(C(=O)NCCCN2CCCCC2)C1. The molecule has 0 aromatic heterocycles. The van der Waals surface area contributed by atoms with Gasteiger partial charge in [0, 0.05) is 19.6 Å². The van der Waals surface area contributed by atoms with Crippen LogP contribution in [0.25, 0.3) is 0 Å². The van der Waals surface area contributed by atoms with E-state index in [0.29, 0.717) is 19.6 Å². The molecule has 6 nitrogen and oxygen atoms in total. The number of nitrogens with zero attached hydrogens (tertiary/aromatic N) is 2. The van der Waals surface area contributed by atoms with E-state index in [9.17, 15) is 13.2 Å². The third-order valence-corrected chi connectivity index (χ3v) is 6.76. The third kappa shape index (κ3) is 5.72. The standard InChI is InChI=1S/C16H31N3O3S/c1-2-23(21,22)19-13-6-8-15(14-19)16(20)17-9-7-12-18-10-4-3-5-11-18/h15H,2-14H2,1H3,(H,17,20). The average molecular weight is 346 g/mol. The van der Waals surface area contributed by atoms with Crippen LogP contribution in [0.3, 0.4) is 0 Å². The Hall–Kier alpha value is -0.660. The van der Waals surface area contributed by atoms with Crippen LogP contribution < -0.4 is 5.32 Å². The number of nitrogens with one attached hydrogen (secondary N) is 1. The molecule has 0 aromatic rings. The van der Waals surface area contributed by atoms with Crippen molar-refractivity contribution in [1.29, 1.82) is 0 Å². The van der Waals surface area contributed by atoms with E-state index in [0.717, 1.165) is 25.8 Å². The molecule has 23 heavy (non-hydrogen) atoms. The Kier molecular flexibility index (Phi) is 7.30. The number of rotatable bonds is 7. The second-order valence-corrected chi connectivity index (χ2v) is 8.90. The van der Waals surface area contributed by atoms with Crippen LogP contribution in [0.15, 0.2) is 0 Å². The zero-order valence-corrected chi connectivity index (χ0v) is 15.1. The number of likely N-dealkylation sites (tertiary alicyclic amines) is 1. The molecule has 134 valence electrons. The van der Waals surface area contributed by atoms with Crippen molar-refractivity contribution in [3.05, 3.63) is 0 Å². The number of amides is 1. The lowest BCUT2D eigenvalue weighted by Gasteiger charge is -2.31. The van der Waals surface area contributed by atoms with Gasteiger partial charge in [0.15, 0.2) is 0 Å². The van der Waals surface area contributed by atoms with Gasteiger partial charge >= 0.3 is 0 Å². The summed E-state index contributed by atoms with van der Waals surface area (Å²) in [6.45, 7) is 6.64. The van der Waals surface area contributed by atoms with Crippen LogP contribution in [-0.2, 0) is 14.8 Å². The molecular weight excluding hydrogens is 314 g/mol. The summed E-state index contributed by atoms with van der Waals surface area (Å²) in [5.74, 6) is -0.0725. The predicted molar refractivity (Wildman–Crippen MR) is 91.7 cm³/mol. The van der Waals surface area contributed by atoms with Gasteiger partial charge in [0.1, 0.15) is 0 Å². The zero-order chi connectivity index (χ0) is 16.7. The minimum atomic E-state index is -3.18. The number of hydrogen-bond acceptors (Lipinski definition) is 4. The smallest absolute Gasteiger partial charge is 0.224 e. The van der Waals surface area contributed by atoms with Gasteiger partial charge in [0.25, 0.3) is 0 Å². The summed E-state index contributed by atoms with van der Waals surface area (Å²) < 4.78 is 25.4. The average Bonchev–Trinajstić information content (AvgIpc) is 2.59. The number of sulfonamides is 1. The minimum absolute atomic E-state index is 0.0136. The zero-order valence-electron chi connectivity index (χ0n) is 14.3. The topological polar surface area (TPSA) is 69.7 Å². The molecule has 2 heterocycles. The Labute approximate surface area is 140 Å². The van der Waals surface area contributed by atoms with Crippen LogP contribution in [0.5, 0.6) is 0 Å². The normalized spacial score (nSPS) is 24.5. The Bertz CT molecular complexity index is 475. The molecule has 2 aliphatic rings. The minimum Gasteiger partial charge on any atom is -0.356 e. The Balaban J connectivity index is 1.68. The third-order valence-electron chi connectivity index (χ3n) is 4.91. The highest BCUT2D eigenvalue weighted by molar-refractivity contribution is 7.89. The number of piperidine rings is 2. The van der Waals surface area contributed by atoms with Crippen LogP contribution >= 0.6 is 0 Å².